The van der Waals surface area contributed by atoms with Crippen molar-refractivity contribution in [3.05, 3.63) is 29.8 Å². The summed E-state index contributed by atoms with van der Waals surface area (Å²) in [5.41, 5.74) is 0.842. The van der Waals surface area contributed by atoms with E-state index in [-0.39, 0.29) is 18.4 Å². The van der Waals surface area contributed by atoms with Gasteiger partial charge < -0.3 is 19.1 Å². The number of rotatable bonds is 5. The zero-order valence-electron chi connectivity index (χ0n) is 13.1. The number of nitrogens with zero attached hydrogens (tertiary/aromatic N) is 1. The van der Waals surface area contributed by atoms with Gasteiger partial charge in [0.25, 0.3) is 0 Å². The molecule has 1 saturated heterocycles. The van der Waals surface area contributed by atoms with Gasteiger partial charge in [0.05, 0.1) is 26.7 Å². The average Bonchev–Trinajstić information content (AvgIpc) is 2.98. The topological polar surface area (TPSA) is 65.1 Å². The largest absolute Gasteiger partial charge is 0.497 e. The van der Waals surface area contributed by atoms with E-state index >= 15 is 0 Å². The van der Waals surface area contributed by atoms with Gasteiger partial charge in [0.1, 0.15) is 11.8 Å². The van der Waals surface area contributed by atoms with Crippen molar-refractivity contribution >= 4 is 11.9 Å². The van der Waals surface area contributed by atoms with Gasteiger partial charge in [-0.3, -0.25) is 4.79 Å². The van der Waals surface area contributed by atoms with Crippen LogP contribution in [0.1, 0.15) is 12.0 Å². The molecule has 2 unspecified atom stereocenters. The highest BCUT2D eigenvalue weighted by molar-refractivity contribution is 5.86. The Bertz CT molecular complexity index is 545. The Morgan fingerprint density at radius 1 is 1.27 bits per heavy atom. The molecule has 6 heteroatoms. The Morgan fingerprint density at radius 3 is 2.68 bits per heavy atom. The molecule has 1 aromatic rings. The van der Waals surface area contributed by atoms with Crippen LogP contribution in [0.25, 0.3) is 0 Å². The smallest absolute Gasteiger partial charge is 0.328 e. The number of methoxy groups -OCH3 is 3. The molecule has 0 aliphatic carbocycles. The van der Waals surface area contributed by atoms with E-state index in [1.807, 2.05) is 24.3 Å². The number of esters is 1. The van der Waals surface area contributed by atoms with Crippen LogP contribution >= 0.6 is 0 Å². The molecule has 0 radical (unpaired) electrons. The quantitative estimate of drug-likeness (QED) is 0.760. The van der Waals surface area contributed by atoms with E-state index in [1.54, 1.807) is 19.1 Å². The van der Waals surface area contributed by atoms with E-state index in [2.05, 4.69) is 0 Å². The van der Waals surface area contributed by atoms with Crippen molar-refractivity contribution in [2.24, 2.45) is 0 Å². The van der Waals surface area contributed by atoms with Gasteiger partial charge in [-0.2, -0.15) is 0 Å². The molecule has 1 aliphatic heterocycles. The third-order valence-electron chi connectivity index (χ3n) is 3.88. The first kappa shape index (κ1) is 16.3. The molecule has 120 valence electrons. The van der Waals surface area contributed by atoms with E-state index in [4.69, 9.17) is 14.2 Å². The Hall–Kier alpha value is -2.08. The van der Waals surface area contributed by atoms with Crippen molar-refractivity contribution in [3.8, 4) is 5.75 Å². The SMILES string of the molecule is COC(=O)C1CC(OC)CN1C(=O)Cc1cccc(OC)c1. The van der Waals surface area contributed by atoms with E-state index in [0.29, 0.717) is 18.7 Å². The van der Waals surface area contributed by atoms with Crippen LogP contribution in [0.3, 0.4) is 0 Å². The highest BCUT2D eigenvalue weighted by Gasteiger charge is 2.40. The van der Waals surface area contributed by atoms with Crippen LogP contribution in [0.15, 0.2) is 24.3 Å². The predicted octanol–water partition coefficient (Wildman–Crippen LogP) is 1.03. The summed E-state index contributed by atoms with van der Waals surface area (Å²) in [6.07, 6.45) is 0.534. The summed E-state index contributed by atoms with van der Waals surface area (Å²) in [4.78, 5) is 25.9. The molecule has 0 saturated carbocycles. The summed E-state index contributed by atoms with van der Waals surface area (Å²) in [5.74, 6) is 0.174. The van der Waals surface area contributed by atoms with Crippen molar-refractivity contribution in [1.29, 1.82) is 0 Å². The number of hydrogen-bond acceptors (Lipinski definition) is 5. The third-order valence-corrected chi connectivity index (χ3v) is 3.88. The van der Waals surface area contributed by atoms with Crippen molar-refractivity contribution in [1.82, 2.24) is 4.90 Å². The fourth-order valence-corrected chi connectivity index (χ4v) is 2.66. The number of ether oxygens (including phenoxy) is 3. The Labute approximate surface area is 129 Å². The summed E-state index contributed by atoms with van der Waals surface area (Å²) in [6, 6.07) is 6.75. The number of hydrogen-bond donors (Lipinski definition) is 0. The molecule has 1 aliphatic rings. The number of carbonyl (C=O) groups excluding carboxylic acids is 2. The van der Waals surface area contributed by atoms with Gasteiger partial charge in [0, 0.05) is 20.1 Å². The standard InChI is InChI=1S/C16H21NO5/c1-20-12-6-4-5-11(7-12)8-15(18)17-10-13(21-2)9-14(17)16(19)22-3/h4-7,13-14H,8-10H2,1-3H3. The predicted molar refractivity (Wildman–Crippen MR) is 79.6 cm³/mol. The molecule has 0 bridgehead atoms. The third kappa shape index (κ3) is 3.57. The second-order valence-corrected chi connectivity index (χ2v) is 5.21. The first-order valence-electron chi connectivity index (χ1n) is 7.12. The molecule has 1 heterocycles. The van der Waals surface area contributed by atoms with Crippen LogP contribution in [0.5, 0.6) is 5.75 Å². The lowest BCUT2D eigenvalue weighted by molar-refractivity contribution is -0.150. The zero-order chi connectivity index (χ0) is 16.1. The van der Waals surface area contributed by atoms with Crippen molar-refractivity contribution in [2.75, 3.05) is 27.9 Å². The molecule has 1 aromatic carbocycles. The Kier molecular flexibility index (Phi) is 5.38. The summed E-state index contributed by atoms with van der Waals surface area (Å²) < 4.78 is 15.2. The van der Waals surface area contributed by atoms with E-state index in [0.717, 1.165) is 5.56 Å². The second kappa shape index (κ2) is 7.26. The van der Waals surface area contributed by atoms with Gasteiger partial charge in [-0.05, 0) is 17.7 Å². The van der Waals surface area contributed by atoms with Crippen molar-refractivity contribution in [2.45, 2.75) is 25.0 Å². The Balaban J connectivity index is 2.10. The number of likely N-dealkylation sites (tertiary alicyclic amines) is 1. The minimum Gasteiger partial charge on any atom is -0.497 e. The van der Waals surface area contributed by atoms with E-state index < -0.39 is 12.0 Å². The molecule has 2 atom stereocenters. The lowest BCUT2D eigenvalue weighted by Gasteiger charge is -2.22. The van der Waals surface area contributed by atoms with Gasteiger partial charge in [-0.15, -0.1) is 0 Å². The fraction of sp³-hybridized carbons (Fsp3) is 0.500. The maximum atomic E-state index is 12.5. The summed E-state index contributed by atoms with van der Waals surface area (Å²) in [5, 5.41) is 0. The lowest BCUT2D eigenvalue weighted by Crippen LogP contribution is -2.42. The van der Waals surface area contributed by atoms with Crippen LogP contribution in [-0.2, 0) is 25.5 Å². The number of amides is 1. The van der Waals surface area contributed by atoms with E-state index in [1.165, 1.54) is 7.11 Å². The summed E-state index contributed by atoms with van der Waals surface area (Å²) >= 11 is 0. The molecule has 0 spiro atoms. The monoisotopic (exact) mass is 307 g/mol. The highest BCUT2D eigenvalue weighted by atomic mass is 16.5. The van der Waals surface area contributed by atoms with Crippen molar-refractivity contribution in [3.63, 3.8) is 0 Å². The molecule has 1 amide bonds. The van der Waals surface area contributed by atoms with Crippen LogP contribution in [0, 0.1) is 0 Å². The average molecular weight is 307 g/mol. The molecule has 2 rings (SSSR count). The van der Waals surface area contributed by atoms with Gasteiger partial charge in [0.2, 0.25) is 5.91 Å². The van der Waals surface area contributed by atoms with Gasteiger partial charge in [-0.1, -0.05) is 12.1 Å². The summed E-state index contributed by atoms with van der Waals surface area (Å²) in [6.45, 7) is 0.402. The van der Waals surface area contributed by atoms with Gasteiger partial charge >= 0.3 is 5.97 Å². The van der Waals surface area contributed by atoms with Crippen LogP contribution in [0.2, 0.25) is 0 Å². The maximum Gasteiger partial charge on any atom is 0.328 e. The number of carbonyl (C=O) groups is 2. The van der Waals surface area contributed by atoms with Gasteiger partial charge in [0.15, 0.2) is 0 Å². The minimum absolute atomic E-state index is 0.122. The van der Waals surface area contributed by atoms with Crippen LogP contribution in [-0.4, -0.2) is 56.8 Å². The van der Waals surface area contributed by atoms with E-state index in [9.17, 15) is 9.59 Å². The Morgan fingerprint density at radius 2 is 2.05 bits per heavy atom. The first-order valence-corrected chi connectivity index (χ1v) is 7.12. The molecule has 0 aromatic heterocycles. The molecule has 1 fully saturated rings. The molecular weight excluding hydrogens is 286 g/mol. The highest BCUT2D eigenvalue weighted by Crippen LogP contribution is 2.23. The van der Waals surface area contributed by atoms with Gasteiger partial charge in [-0.25, -0.2) is 4.79 Å². The molecule has 22 heavy (non-hydrogen) atoms. The molecule has 0 N–H and O–H groups in total. The number of benzene rings is 1. The second-order valence-electron chi connectivity index (χ2n) is 5.21. The maximum absolute atomic E-state index is 12.5. The zero-order valence-corrected chi connectivity index (χ0v) is 13.1. The van der Waals surface area contributed by atoms with Crippen molar-refractivity contribution < 1.29 is 23.8 Å². The minimum atomic E-state index is -0.576. The van der Waals surface area contributed by atoms with Crippen LogP contribution < -0.4 is 4.74 Å². The fourth-order valence-electron chi connectivity index (χ4n) is 2.66. The molecule has 6 nitrogen and oxygen atoms in total. The molecular formula is C16H21NO5. The normalized spacial score (nSPS) is 20.8. The first-order chi connectivity index (χ1) is 10.6. The lowest BCUT2D eigenvalue weighted by atomic mass is 10.1. The summed E-state index contributed by atoms with van der Waals surface area (Å²) in [7, 11) is 4.49. The van der Waals surface area contributed by atoms with Crippen LogP contribution in [0.4, 0.5) is 0 Å².